The number of hydrogen-bond acceptors (Lipinski definition) is 1. The van der Waals surface area contributed by atoms with Crippen molar-refractivity contribution in [3.63, 3.8) is 0 Å². The molecule has 1 aliphatic carbocycles. The quantitative estimate of drug-likeness (QED) is 0.785. The lowest BCUT2D eigenvalue weighted by Gasteiger charge is -2.18. The molecule has 2 nitrogen and oxygen atoms in total. The zero-order valence-corrected chi connectivity index (χ0v) is 13.6. The van der Waals surface area contributed by atoms with Gasteiger partial charge in [0.05, 0.1) is 0 Å². The van der Waals surface area contributed by atoms with Crippen molar-refractivity contribution < 1.29 is 4.21 Å². The van der Waals surface area contributed by atoms with Crippen molar-refractivity contribution in [2.75, 3.05) is 14.1 Å². The van der Waals surface area contributed by atoms with Gasteiger partial charge >= 0.3 is 0 Å². The van der Waals surface area contributed by atoms with Crippen LogP contribution in [-0.2, 0) is 14.3 Å². The first-order valence-corrected chi connectivity index (χ1v) is 8.93. The molecule has 1 fully saturated rings. The highest BCUT2D eigenvalue weighted by Gasteiger charge is 2.59. The molecule has 0 saturated heterocycles. The number of benzene rings is 2. The van der Waals surface area contributed by atoms with E-state index in [0.717, 1.165) is 11.3 Å². The van der Waals surface area contributed by atoms with Gasteiger partial charge in [0.1, 0.15) is 0 Å². The van der Waals surface area contributed by atoms with Gasteiger partial charge in [-0.25, -0.2) is 0 Å². The lowest BCUT2D eigenvalue weighted by Crippen LogP contribution is -2.34. The van der Waals surface area contributed by atoms with Crippen LogP contribution < -0.4 is 0 Å². The largest absolute Gasteiger partial charge is 0.193 e. The molecule has 0 radical (unpaired) electrons. The van der Waals surface area contributed by atoms with E-state index in [9.17, 15) is 4.21 Å². The zero-order valence-electron chi connectivity index (χ0n) is 12.8. The molecular formula is C18H22NOS+. The predicted molar refractivity (Wildman–Crippen MR) is 88.8 cm³/mol. The van der Waals surface area contributed by atoms with Crippen LogP contribution in [0.2, 0.25) is 0 Å². The maximum atomic E-state index is 13.6. The molecule has 0 N–H and O–H groups in total. The van der Waals surface area contributed by atoms with Crippen LogP contribution in [0.4, 0.5) is 0 Å². The second-order valence-corrected chi connectivity index (χ2v) is 8.93. The number of hydrogen-bond donors (Lipinski definition) is 0. The fraction of sp³-hybridized carbons (Fsp3) is 0.333. The second kappa shape index (κ2) is 5.39. The van der Waals surface area contributed by atoms with Gasteiger partial charge in [0.15, 0.2) is 20.3 Å². The lowest BCUT2D eigenvalue weighted by atomic mass is 10.1. The third-order valence-corrected chi connectivity index (χ3v) is 7.65. The van der Waals surface area contributed by atoms with Crippen LogP contribution >= 0.6 is 0 Å². The van der Waals surface area contributed by atoms with E-state index in [1.54, 1.807) is 0 Å². The first kappa shape index (κ1) is 14.5. The van der Waals surface area contributed by atoms with Gasteiger partial charge in [0, 0.05) is 26.4 Å². The molecule has 0 aromatic heterocycles. The van der Waals surface area contributed by atoms with Gasteiger partial charge < -0.3 is 0 Å². The minimum absolute atomic E-state index is 0.220. The molecule has 1 aliphatic rings. The molecule has 0 aliphatic heterocycles. The van der Waals surface area contributed by atoms with E-state index in [0.29, 0.717) is 5.92 Å². The maximum absolute atomic E-state index is 13.6. The molecule has 21 heavy (non-hydrogen) atoms. The molecule has 3 heteroatoms. The molecule has 0 bridgehead atoms. The highest BCUT2D eigenvalue weighted by Crippen LogP contribution is 2.52. The Morgan fingerprint density at radius 1 is 1.00 bits per heavy atom. The summed E-state index contributed by atoms with van der Waals surface area (Å²) in [5.74, 6) is 0.417. The van der Waals surface area contributed by atoms with Crippen LogP contribution in [0.25, 0.3) is 0 Å². The average Bonchev–Trinajstić information content (AvgIpc) is 3.29. The van der Waals surface area contributed by atoms with Crippen molar-refractivity contribution in [3.05, 3.63) is 65.7 Å². The van der Waals surface area contributed by atoms with Crippen LogP contribution in [0.1, 0.15) is 23.5 Å². The van der Waals surface area contributed by atoms with Crippen LogP contribution in [0.3, 0.4) is 0 Å². The van der Waals surface area contributed by atoms with Crippen LogP contribution in [0.15, 0.2) is 59.5 Å². The van der Waals surface area contributed by atoms with E-state index in [-0.39, 0.29) is 5.25 Å². The topological polar surface area (TPSA) is 20.3 Å². The third-order valence-electron chi connectivity index (χ3n) is 4.27. The van der Waals surface area contributed by atoms with E-state index in [1.165, 1.54) is 11.1 Å². The van der Waals surface area contributed by atoms with Crippen molar-refractivity contribution >= 4 is 10.1 Å². The van der Waals surface area contributed by atoms with Gasteiger partial charge in [0.25, 0.3) is 0 Å². The van der Waals surface area contributed by atoms with Crippen molar-refractivity contribution in [2.24, 2.45) is 0 Å². The van der Waals surface area contributed by atoms with Crippen LogP contribution in [0, 0.1) is 6.92 Å². The molecule has 3 rings (SSSR count). The van der Waals surface area contributed by atoms with Crippen molar-refractivity contribution in [1.29, 1.82) is 0 Å². The highest BCUT2D eigenvalue weighted by molar-refractivity contribution is 8.01. The molecule has 0 spiro atoms. The van der Waals surface area contributed by atoms with E-state index in [2.05, 4.69) is 31.2 Å². The molecule has 1 saturated carbocycles. The minimum atomic E-state index is -2.16. The minimum Gasteiger partial charge on any atom is -0.126 e. The summed E-state index contributed by atoms with van der Waals surface area (Å²) in [6, 6.07) is 18.6. The standard InChI is InChI=1S/C18H22NOS/c1-14-9-11-15(12-10-14)17-13-18(17)21(20,19(2)3)16-7-5-4-6-8-16/h4-12,17-18H,13H2,1-3H3/q+1/t17-,18+,21?/m1/s1. The summed E-state index contributed by atoms with van der Waals surface area (Å²) in [5, 5.41) is 0.220. The Morgan fingerprint density at radius 2 is 1.62 bits per heavy atom. The second-order valence-electron chi connectivity index (χ2n) is 5.99. The average molecular weight is 300 g/mol. The molecule has 0 heterocycles. The maximum Gasteiger partial charge on any atom is 0.193 e. The number of nitrogens with zero attached hydrogens (tertiary/aromatic N) is 1. The van der Waals surface area contributed by atoms with Gasteiger partial charge in [-0.1, -0.05) is 52.2 Å². The summed E-state index contributed by atoms with van der Waals surface area (Å²) >= 11 is 0. The SMILES string of the molecule is Cc1ccc([C@H]2C[C@@H]2[S+](=O)(c2ccccc2)N(C)C)cc1. The zero-order chi connectivity index (χ0) is 15.0. The van der Waals surface area contributed by atoms with Gasteiger partial charge in [0.2, 0.25) is 0 Å². The molecule has 1 unspecified atom stereocenters. The Kier molecular flexibility index (Phi) is 3.72. The molecule has 3 atom stereocenters. The Morgan fingerprint density at radius 3 is 2.19 bits per heavy atom. The van der Waals surface area contributed by atoms with Crippen LogP contribution in [-0.4, -0.2) is 23.7 Å². The van der Waals surface area contributed by atoms with Gasteiger partial charge in [-0.15, -0.1) is 4.31 Å². The smallest absolute Gasteiger partial charge is 0.126 e. The monoisotopic (exact) mass is 300 g/mol. The van der Waals surface area contributed by atoms with Gasteiger partial charge in [-0.3, -0.25) is 0 Å². The number of rotatable bonds is 4. The molecule has 110 valence electrons. The van der Waals surface area contributed by atoms with Crippen molar-refractivity contribution in [3.8, 4) is 0 Å². The summed E-state index contributed by atoms with van der Waals surface area (Å²) in [6.07, 6.45) is 1.01. The van der Waals surface area contributed by atoms with E-state index in [4.69, 9.17) is 0 Å². The third kappa shape index (κ3) is 2.56. The van der Waals surface area contributed by atoms with Gasteiger partial charge in [-0.2, -0.15) is 0 Å². The molecule has 0 amide bonds. The summed E-state index contributed by atoms with van der Waals surface area (Å²) in [5.41, 5.74) is 2.59. The Balaban J connectivity index is 1.91. The fourth-order valence-electron chi connectivity index (χ4n) is 2.96. The Labute approximate surface area is 128 Å². The summed E-state index contributed by atoms with van der Waals surface area (Å²) in [7, 11) is 1.70. The highest BCUT2D eigenvalue weighted by atomic mass is 32.3. The van der Waals surface area contributed by atoms with E-state index >= 15 is 0 Å². The van der Waals surface area contributed by atoms with E-state index in [1.807, 2.05) is 48.7 Å². The van der Waals surface area contributed by atoms with Crippen molar-refractivity contribution in [2.45, 2.75) is 29.4 Å². The Bertz CT molecular complexity index is 663. The Hall–Kier alpha value is -1.45. The molecule has 2 aromatic carbocycles. The van der Waals surface area contributed by atoms with Crippen LogP contribution in [0.5, 0.6) is 0 Å². The fourth-order valence-corrected chi connectivity index (χ4v) is 5.89. The summed E-state index contributed by atoms with van der Waals surface area (Å²) in [6.45, 7) is 2.10. The van der Waals surface area contributed by atoms with Gasteiger partial charge in [-0.05, 0) is 24.6 Å². The lowest BCUT2D eigenvalue weighted by molar-refractivity contribution is 0.527. The summed E-state index contributed by atoms with van der Waals surface area (Å²) in [4.78, 5) is 0.953. The molecule has 2 aromatic rings. The van der Waals surface area contributed by atoms with E-state index < -0.39 is 10.1 Å². The first-order valence-electron chi connectivity index (χ1n) is 7.35. The normalized spacial score (nSPS) is 23.8. The number of aryl methyl sites for hydroxylation is 1. The predicted octanol–water partition coefficient (Wildman–Crippen LogP) is 3.89. The summed E-state index contributed by atoms with van der Waals surface area (Å²) < 4.78 is 15.5. The molecular weight excluding hydrogens is 278 g/mol. The van der Waals surface area contributed by atoms with Crippen molar-refractivity contribution in [1.82, 2.24) is 4.31 Å². The first-order chi connectivity index (χ1) is 10.0.